The summed E-state index contributed by atoms with van der Waals surface area (Å²) in [5.74, 6) is 0.601. The van der Waals surface area contributed by atoms with Gasteiger partial charge >= 0.3 is 0 Å². The minimum atomic E-state index is 0.0890. The van der Waals surface area contributed by atoms with E-state index in [4.69, 9.17) is 10.7 Å². The van der Waals surface area contributed by atoms with Gasteiger partial charge in [0.2, 0.25) is 0 Å². The van der Waals surface area contributed by atoms with Gasteiger partial charge in [0.25, 0.3) is 0 Å². The standard InChI is InChI=1S/C15H22N4S/c1-5-6-10-11(17-9-18-14(10)16)7-13-19-12(8-20-13)15(2,3)4/h8-9H,5-7H2,1-4H3,(H2,16,17,18). The predicted molar refractivity (Wildman–Crippen MR) is 84.1 cm³/mol. The second kappa shape index (κ2) is 5.87. The third kappa shape index (κ3) is 3.33. The lowest BCUT2D eigenvalue weighted by Gasteiger charge is -2.14. The molecule has 0 aromatic carbocycles. The molecule has 0 bridgehead atoms. The van der Waals surface area contributed by atoms with Crippen LogP contribution < -0.4 is 5.73 Å². The Morgan fingerprint density at radius 1 is 1.25 bits per heavy atom. The summed E-state index contributed by atoms with van der Waals surface area (Å²) in [5.41, 5.74) is 9.27. The van der Waals surface area contributed by atoms with Crippen molar-refractivity contribution in [3.05, 3.63) is 33.7 Å². The maximum Gasteiger partial charge on any atom is 0.130 e. The van der Waals surface area contributed by atoms with Crippen molar-refractivity contribution in [2.75, 3.05) is 5.73 Å². The highest BCUT2D eigenvalue weighted by molar-refractivity contribution is 7.09. The molecule has 2 rings (SSSR count). The topological polar surface area (TPSA) is 64.7 Å². The molecule has 5 heteroatoms. The SMILES string of the molecule is CCCc1c(N)ncnc1Cc1nc(C(C)(C)C)cs1. The highest BCUT2D eigenvalue weighted by Crippen LogP contribution is 2.26. The molecule has 0 saturated heterocycles. The Morgan fingerprint density at radius 3 is 2.60 bits per heavy atom. The van der Waals surface area contributed by atoms with Gasteiger partial charge in [-0.25, -0.2) is 15.0 Å². The summed E-state index contributed by atoms with van der Waals surface area (Å²) in [6.07, 6.45) is 4.24. The van der Waals surface area contributed by atoms with E-state index < -0.39 is 0 Å². The van der Waals surface area contributed by atoms with Crippen LogP contribution in [0.4, 0.5) is 5.82 Å². The number of nitrogens with two attached hydrogens (primary N) is 1. The highest BCUT2D eigenvalue weighted by atomic mass is 32.1. The van der Waals surface area contributed by atoms with Gasteiger partial charge in [0.05, 0.1) is 16.4 Å². The molecular formula is C15H22N4S. The average Bonchev–Trinajstić information content (AvgIpc) is 2.82. The first-order valence-corrected chi connectivity index (χ1v) is 7.83. The summed E-state index contributed by atoms with van der Waals surface area (Å²) >= 11 is 1.69. The van der Waals surface area contributed by atoms with Gasteiger partial charge in [0.15, 0.2) is 0 Å². The first-order valence-electron chi connectivity index (χ1n) is 6.95. The zero-order valence-electron chi connectivity index (χ0n) is 12.6. The van der Waals surface area contributed by atoms with Gasteiger partial charge in [-0.15, -0.1) is 11.3 Å². The molecule has 4 nitrogen and oxygen atoms in total. The Hall–Kier alpha value is -1.49. The van der Waals surface area contributed by atoms with Gasteiger partial charge in [-0.05, 0) is 6.42 Å². The van der Waals surface area contributed by atoms with Crippen LogP contribution in [0.2, 0.25) is 0 Å². The molecule has 0 radical (unpaired) electrons. The van der Waals surface area contributed by atoms with E-state index in [1.807, 2.05) is 0 Å². The highest BCUT2D eigenvalue weighted by Gasteiger charge is 2.18. The third-order valence-electron chi connectivity index (χ3n) is 3.21. The van der Waals surface area contributed by atoms with Crippen molar-refractivity contribution in [3.8, 4) is 0 Å². The van der Waals surface area contributed by atoms with Crippen molar-refractivity contribution in [3.63, 3.8) is 0 Å². The Morgan fingerprint density at radius 2 is 2.00 bits per heavy atom. The van der Waals surface area contributed by atoms with Crippen LogP contribution in [0.3, 0.4) is 0 Å². The molecule has 20 heavy (non-hydrogen) atoms. The van der Waals surface area contributed by atoms with Crippen molar-refractivity contribution < 1.29 is 0 Å². The fourth-order valence-corrected chi connectivity index (χ4v) is 3.04. The molecule has 108 valence electrons. The Balaban J connectivity index is 2.26. The van der Waals surface area contributed by atoms with E-state index in [2.05, 4.69) is 43.0 Å². The van der Waals surface area contributed by atoms with E-state index in [9.17, 15) is 0 Å². The van der Waals surface area contributed by atoms with Crippen molar-refractivity contribution >= 4 is 17.2 Å². The summed E-state index contributed by atoms with van der Waals surface area (Å²) in [5, 5.41) is 3.23. The maximum absolute atomic E-state index is 5.97. The molecule has 2 aromatic heterocycles. The van der Waals surface area contributed by atoms with E-state index >= 15 is 0 Å². The molecule has 2 N–H and O–H groups in total. The van der Waals surface area contributed by atoms with Gasteiger partial charge in [-0.1, -0.05) is 34.1 Å². The van der Waals surface area contributed by atoms with Crippen molar-refractivity contribution in [2.24, 2.45) is 0 Å². The Kier molecular flexibility index (Phi) is 4.38. The van der Waals surface area contributed by atoms with Gasteiger partial charge in [0.1, 0.15) is 12.1 Å². The number of aromatic nitrogens is 3. The summed E-state index contributed by atoms with van der Waals surface area (Å²) in [7, 11) is 0. The molecule has 2 heterocycles. The normalized spacial score (nSPS) is 11.8. The summed E-state index contributed by atoms with van der Waals surface area (Å²) in [6.45, 7) is 8.67. The number of anilines is 1. The molecule has 0 unspecified atom stereocenters. The smallest absolute Gasteiger partial charge is 0.130 e. The van der Waals surface area contributed by atoms with Crippen LogP contribution >= 0.6 is 11.3 Å². The number of nitrogen functional groups attached to an aromatic ring is 1. The van der Waals surface area contributed by atoms with E-state index in [0.29, 0.717) is 5.82 Å². The Bertz CT molecular complexity index is 584. The number of rotatable bonds is 4. The van der Waals surface area contributed by atoms with E-state index in [1.54, 1.807) is 17.7 Å². The Labute approximate surface area is 124 Å². The molecule has 0 fully saturated rings. The average molecular weight is 290 g/mol. The first-order chi connectivity index (χ1) is 9.41. The van der Waals surface area contributed by atoms with Crippen molar-refractivity contribution in [1.82, 2.24) is 15.0 Å². The predicted octanol–water partition coefficient (Wildman–Crippen LogP) is 3.36. The van der Waals surface area contributed by atoms with Crippen LogP contribution in [0.5, 0.6) is 0 Å². The van der Waals surface area contributed by atoms with E-state index in [1.165, 1.54) is 0 Å². The quantitative estimate of drug-likeness (QED) is 0.937. The summed E-state index contributed by atoms with van der Waals surface area (Å²) in [4.78, 5) is 13.2. The molecule has 0 aliphatic rings. The molecule has 2 aromatic rings. The molecule has 0 atom stereocenters. The van der Waals surface area contributed by atoms with E-state index in [0.717, 1.165) is 41.2 Å². The lowest BCUT2D eigenvalue weighted by Crippen LogP contribution is -2.11. The van der Waals surface area contributed by atoms with Crippen LogP contribution in [0, 0.1) is 0 Å². The minimum absolute atomic E-state index is 0.0890. The second-order valence-electron chi connectivity index (χ2n) is 5.99. The number of hydrogen-bond acceptors (Lipinski definition) is 5. The van der Waals surface area contributed by atoms with Crippen molar-refractivity contribution in [1.29, 1.82) is 0 Å². The molecular weight excluding hydrogens is 268 g/mol. The van der Waals surface area contributed by atoms with Crippen LogP contribution in [-0.4, -0.2) is 15.0 Å². The van der Waals surface area contributed by atoms with Gasteiger partial charge in [-0.2, -0.15) is 0 Å². The first kappa shape index (κ1) is 14.9. The lowest BCUT2D eigenvalue weighted by molar-refractivity contribution is 0.571. The van der Waals surface area contributed by atoms with Crippen LogP contribution in [0.1, 0.15) is 56.1 Å². The minimum Gasteiger partial charge on any atom is -0.383 e. The molecule has 0 amide bonds. The van der Waals surface area contributed by atoms with Crippen LogP contribution in [0.15, 0.2) is 11.7 Å². The van der Waals surface area contributed by atoms with E-state index in [-0.39, 0.29) is 5.41 Å². The maximum atomic E-state index is 5.97. The molecule has 0 aliphatic heterocycles. The third-order valence-corrected chi connectivity index (χ3v) is 4.06. The zero-order valence-corrected chi connectivity index (χ0v) is 13.4. The van der Waals surface area contributed by atoms with Crippen LogP contribution in [0.25, 0.3) is 0 Å². The number of hydrogen-bond donors (Lipinski definition) is 1. The molecule has 0 saturated carbocycles. The largest absolute Gasteiger partial charge is 0.383 e. The summed E-state index contributed by atoms with van der Waals surface area (Å²) in [6, 6.07) is 0. The van der Waals surface area contributed by atoms with Gasteiger partial charge < -0.3 is 5.73 Å². The second-order valence-corrected chi connectivity index (χ2v) is 6.93. The monoisotopic (exact) mass is 290 g/mol. The van der Waals surface area contributed by atoms with Gasteiger partial charge in [-0.3, -0.25) is 0 Å². The number of thiazole rings is 1. The number of nitrogens with zero attached hydrogens (tertiary/aromatic N) is 3. The van der Waals surface area contributed by atoms with Crippen LogP contribution in [-0.2, 0) is 18.3 Å². The molecule has 0 spiro atoms. The molecule has 0 aliphatic carbocycles. The zero-order chi connectivity index (χ0) is 14.8. The van der Waals surface area contributed by atoms with Gasteiger partial charge in [0, 0.05) is 22.8 Å². The fraction of sp³-hybridized carbons (Fsp3) is 0.533. The fourth-order valence-electron chi connectivity index (χ4n) is 2.02. The summed E-state index contributed by atoms with van der Waals surface area (Å²) < 4.78 is 0. The lowest BCUT2D eigenvalue weighted by atomic mass is 9.93. The van der Waals surface area contributed by atoms with Crippen molar-refractivity contribution in [2.45, 2.75) is 52.4 Å².